The first-order chi connectivity index (χ1) is 17.0. The Kier molecular flexibility index (Phi) is 7.16. The molecule has 3 aliphatic heterocycles. The number of rotatable bonds is 7. The normalized spacial score (nSPS) is 25.0. The molecule has 7 heteroatoms. The first-order valence-corrected chi connectivity index (χ1v) is 12.9. The number of carbonyl (C=O) groups is 2. The van der Waals surface area contributed by atoms with Crippen molar-refractivity contribution in [3.05, 3.63) is 65.0 Å². The number of fused-ring (bicyclic) bond motifs is 1. The Labute approximate surface area is 207 Å². The summed E-state index contributed by atoms with van der Waals surface area (Å²) in [6.45, 7) is 9.78. The predicted molar refractivity (Wildman–Crippen MR) is 134 cm³/mol. The highest BCUT2D eigenvalue weighted by molar-refractivity contribution is 5.97. The fourth-order valence-corrected chi connectivity index (χ4v) is 5.97. The summed E-state index contributed by atoms with van der Waals surface area (Å²) in [4.78, 5) is 35.1. The number of aryl methyl sites for hydroxylation is 2. The molecule has 1 N–H and O–H groups in total. The van der Waals surface area contributed by atoms with Crippen molar-refractivity contribution in [3.8, 4) is 0 Å². The molecule has 0 spiro atoms. The molecular weight excluding hydrogens is 440 g/mol. The maximum atomic E-state index is 13.2. The van der Waals surface area contributed by atoms with Crippen LogP contribution in [0.5, 0.6) is 0 Å². The molecule has 7 nitrogen and oxygen atoms in total. The third kappa shape index (κ3) is 5.26. The standard InChI is InChI=1S/C28H36N4O3/c1-19-6-5-7-20(2)26(19)28(34)32-16-22-14-31(15-23(22)17-32)12-9-25(24-8-3-4-11-29-24)30-27(33)21-10-13-35-18-21/h3-8,11,21-23,25H,9-10,12-18H2,1-2H3,(H,30,33)/t21?,22-,23?,25?/m0/s1. The second-order valence-corrected chi connectivity index (χ2v) is 10.4. The van der Waals surface area contributed by atoms with Crippen molar-refractivity contribution in [2.45, 2.75) is 32.7 Å². The summed E-state index contributed by atoms with van der Waals surface area (Å²) in [7, 11) is 0. The highest BCUT2D eigenvalue weighted by Gasteiger charge is 2.42. The first-order valence-electron chi connectivity index (χ1n) is 12.9. The van der Waals surface area contributed by atoms with Crippen LogP contribution in [0.3, 0.4) is 0 Å². The van der Waals surface area contributed by atoms with E-state index in [9.17, 15) is 9.59 Å². The second kappa shape index (κ2) is 10.5. The molecule has 0 radical (unpaired) electrons. The Bertz CT molecular complexity index is 1020. The van der Waals surface area contributed by atoms with Gasteiger partial charge in [0, 0.05) is 51.1 Å². The molecule has 0 aliphatic carbocycles. The predicted octanol–water partition coefficient (Wildman–Crippen LogP) is 2.99. The van der Waals surface area contributed by atoms with Gasteiger partial charge in [-0.25, -0.2) is 0 Å². The van der Waals surface area contributed by atoms with Gasteiger partial charge in [-0.15, -0.1) is 0 Å². The Morgan fingerprint density at radius 3 is 2.43 bits per heavy atom. The van der Waals surface area contributed by atoms with Crippen LogP contribution in [-0.4, -0.2) is 72.5 Å². The Morgan fingerprint density at radius 2 is 1.80 bits per heavy atom. The van der Waals surface area contributed by atoms with Crippen molar-refractivity contribution < 1.29 is 14.3 Å². The van der Waals surface area contributed by atoms with Crippen LogP contribution in [-0.2, 0) is 9.53 Å². The first kappa shape index (κ1) is 23.9. The summed E-state index contributed by atoms with van der Waals surface area (Å²) >= 11 is 0. The van der Waals surface area contributed by atoms with Crippen LogP contribution in [0.2, 0.25) is 0 Å². The lowest BCUT2D eigenvalue weighted by molar-refractivity contribution is -0.125. The molecule has 3 aliphatic rings. The smallest absolute Gasteiger partial charge is 0.254 e. The van der Waals surface area contributed by atoms with E-state index in [0.717, 1.165) is 67.9 Å². The minimum absolute atomic E-state index is 0.0623. The molecule has 3 unspecified atom stereocenters. The maximum absolute atomic E-state index is 13.2. The van der Waals surface area contributed by atoms with E-state index in [4.69, 9.17) is 4.74 Å². The number of hydrogen-bond acceptors (Lipinski definition) is 5. The molecule has 2 amide bonds. The fraction of sp³-hybridized carbons (Fsp3) is 0.536. The van der Waals surface area contributed by atoms with Crippen molar-refractivity contribution in [3.63, 3.8) is 0 Å². The molecule has 4 heterocycles. The Balaban J connectivity index is 1.17. The van der Waals surface area contributed by atoms with Crippen LogP contribution in [0.1, 0.15) is 46.1 Å². The fourth-order valence-electron chi connectivity index (χ4n) is 5.97. The van der Waals surface area contributed by atoms with Gasteiger partial charge >= 0.3 is 0 Å². The lowest BCUT2D eigenvalue weighted by Crippen LogP contribution is -2.37. The SMILES string of the molecule is Cc1cccc(C)c1C(=O)N1CC2CN(CCC(NC(=O)C3CCOC3)c3ccccn3)C[C@H]2C1. The lowest BCUT2D eigenvalue weighted by atomic mass is 10.0. The number of nitrogens with one attached hydrogen (secondary N) is 1. The molecule has 35 heavy (non-hydrogen) atoms. The second-order valence-electron chi connectivity index (χ2n) is 10.4. The lowest BCUT2D eigenvalue weighted by Gasteiger charge is -2.25. The van der Waals surface area contributed by atoms with Crippen LogP contribution >= 0.6 is 0 Å². The number of hydrogen-bond donors (Lipinski definition) is 1. The van der Waals surface area contributed by atoms with Crippen molar-refractivity contribution in [2.24, 2.45) is 17.8 Å². The summed E-state index contributed by atoms with van der Waals surface area (Å²) in [5, 5.41) is 3.24. The minimum Gasteiger partial charge on any atom is -0.381 e. The molecular formula is C28H36N4O3. The van der Waals surface area contributed by atoms with Crippen LogP contribution in [0.4, 0.5) is 0 Å². The summed E-state index contributed by atoms with van der Waals surface area (Å²) in [6.07, 6.45) is 3.39. The average Bonchev–Trinajstić information content (AvgIpc) is 3.59. The summed E-state index contributed by atoms with van der Waals surface area (Å²) in [6, 6.07) is 11.8. The van der Waals surface area contributed by atoms with Gasteiger partial charge in [0.25, 0.3) is 5.91 Å². The monoisotopic (exact) mass is 476 g/mol. The number of likely N-dealkylation sites (tertiary alicyclic amines) is 2. The minimum atomic E-state index is -0.105. The molecule has 3 fully saturated rings. The van der Waals surface area contributed by atoms with E-state index in [-0.39, 0.29) is 23.8 Å². The molecule has 5 rings (SSSR count). The van der Waals surface area contributed by atoms with E-state index in [1.807, 2.05) is 50.2 Å². The molecule has 1 aromatic heterocycles. The maximum Gasteiger partial charge on any atom is 0.254 e. The largest absolute Gasteiger partial charge is 0.381 e. The van der Waals surface area contributed by atoms with E-state index >= 15 is 0 Å². The van der Waals surface area contributed by atoms with E-state index in [0.29, 0.717) is 25.0 Å². The van der Waals surface area contributed by atoms with Crippen LogP contribution < -0.4 is 5.32 Å². The summed E-state index contributed by atoms with van der Waals surface area (Å²) in [5.74, 6) is 1.21. The van der Waals surface area contributed by atoms with Gasteiger partial charge < -0.3 is 19.9 Å². The van der Waals surface area contributed by atoms with Gasteiger partial charge in [0.1, 0.15) is 0 Å². The van der Waals surface area contributed by atoms with Gasteiger partial charge in [0.15, 0.2) is 0 Å². The van der Waals surface area contributed by atoms with Crippen molar-refractivity contribution in [2.75, 3.05) is 45.9 Å². The molecule has 0 bridgehead atoms. The molecule has 4 atom stereocenters. The van der Waals surface area contributed by atoms with E-state index < -0.39 is 0 Å². The van der Waals surface area contributed by atoms with Gasteiger partial charge in [-0.1, -0.05) is 24.3 Å². The summed E-state index contributed by atoms with van der Waals surface area (Å²) < 4.78 is 5.40. The number of aromatic nitrogens is 1. The van der Waals surface area contributed by atoms with Crippen molar-refractivity contribution in [1.82, 2.24) is 20.1 Å². The number of ether oxygens (including phenoxy) is 1. The quantitative estimate of drug-likeness (QED) is 0.665. The zero-order valence-corrected chi connectivity index (χ0v) is 20.8. The van der Waals surface area contributed by atoms with Crippen LogP contribution in [0.15, 0.2) is 42.6 Å². The number of benzene rings is 1. The van der Waals surface area contributed by atoms with E-state index in [1.165, 1.54) is 0 Å². The van der Waals surface area contributed by atoms with E-state index in [1.54, 1.807) is 6.20 Å². The summed E-state index contributed by atoms with van der Waals surface area (Å²) in [5.41, 5.74) is 3.89. The zero-order chi connectivity index (χ0) is 24.4. The zero-order valence-electron chi connectivity index (χ0n) is 20.8. The van der Waals surface area contributed by atoms with Gasteiger partial charge in [0.05, 0.1) is 24.3 Å². The molecule has 2 aromatic rings. The molecule has 186 valence electrons. The van der Waals surface area contributed by atoms with Gasteiger partial charge in [-0.05, 0) is 61.8 Å². The number of amides is 2. The van der Waals surface area contributed by atoms with Gasteiger partial charge in [0.2, 0.25) is 5.91 Å². The van der Waals surface area contributed by atoms with Crippen LogP contribution in [0.25, 0.3) is 0 Å². The average molecular weight is 477 g/mol. The third-order valence-electron chi connectivity index (χ3n) is 7.94. The number of pyridine rings is 1. The van der Waals surface area contributed by atoms with E-state index in [2.05, 4.69) is 20.1 Å². The molecule has 0 saturated carbocycles. The topological polar surface area (TPSA) is 74.8 Å². The molecule has 1 aromatic carbocycles. The highest BCUT2D eigenvalue weighted by atomic mass is 16.5. The van der Waals surface area contributed by atoms with Gasteiger partial charge in [-0.3, -0.25) is 14.6 Å². The Morgan fingerprint density at radius 1 is 1.06 bits per heavy atom. The molecule has 3 saturated heterocycles. The third-order valence-corrected chi connectivity index (χ3v) is 7.94. The van der Waals surface area contributed by atoms with Crippen molar-refractivity contribution in [1.29, 1.82) is 0 Å². The number of nitrogens with zero attached hydrogens (tertiary/aromatic N) is 3. The van der Waals surface area contributed by atoms with Crippen LogP contribution in [0, 0.1) is 31.6 Å². The Hall–Kier alpha value is -2.77. The van der Waals surface area contributed by atoms with Crippen molar-refractivity contribution >= 4 is 11.8 Å². The highest BCUT2D eigenvalue weighted by Crippen LogP contribution is 2.33. The van der Waals surface area contributed by atoms with Gasteiger partial charge in [-0.2, -0.15) is 0 Å². The number of carbonyl (C=O) groups excluding carboxylic acids is 2.